The maximum atomic E-state index is 4.56. The maximum Gasteiger partial charge on any atom is 0.137 e. The van der Waals surface area contributed by atoms with E-state index in [9.17, 15) is 0 Å². The minimum Gasteiger partial charge on any atom is -0.302 e. The molecule has 15 heavy (non-hydrogen) atoms. The van der Waals surface area contributed by atoms with Gasteiger partial charge in [-0.05, 0) is 12.1 Å². The molecule has 0 atom stereocenters. The minimum absolute atomic E-state index is 0.969. The number of hydrogen-bond donors (Lipinski definition) is 0. The van der Waals surface area contributed by atoms with Crippen LogP contribution in [0.3, 0.4) is 0 Å². The Morgan fingerprint density at radius 1 is 1.00 bits per heavy atom. The van der Waals surface area contributed by atoms with Crippen LogP contribution in [0.2, 0.25) is 0 Å². The van der Waals surface area contributed by atoms with Gasteiger partial charge in [0.25, 0.3) is 0 Å². The monoisotopic (exact) mass is 310 g/mol. The van der Waals surface area contributed by atoms with Crippen molar-refractivity contribution in [3.8, 4) is 11.3 Å². The van der Waals surface area contributed by atoms with Gasteiger partial charge >= 0.3 is 0 Å². The third-order valence-corrected chi connectivity index (χ3v) is 2.61. The van der Waals surface area contributed by atoms with Gasteiger partial charge in [0, 0.05) is 12.6 Å². The molecule has 2 rings (SSSR count). The summed E-state index contributed by atoms with van der Waals surface area (Å²) >= 11 is 2.22. The highest BCUT2D eigenvalue weighted by molar-refractivity contribution is 14.1. The standard InChI is InChI=1S/C12H11IN2/c1-15(13)12-9-5-8-11(14-12)10-6-3-2-4-7-10/h2-9H,1H3. The van der Waals surface area contributed by atoms with Crippen LogP contribution >= 0.6 is 22.9 Å². The normalized spacial score (nSPS) is 10.0. The molecule has 0 N–H and O–H groups in total. The second-order valence-corrected chi connectivity index (χ2v) is 4.67. The molecule has 0 saturated carbocycles. The number of hydrogen-bond acceptors (Lipinski definition) is 2. The van der Waals surface area contributed by atoms with Crippen LogP contribution in [0, 0.1) is 0 Å². The van der Waals surface area contributed by atoms with Crippen molar-refractivity contribution in [1.29, 1.82) is 0 Å². The number of aromatic nitrogens is 1. The van der Waals surface area contributed by atoms with E-state index in [1.807, 2.05) is 46.6 Å². The van der Waals surface area contributed by atoms with E-state index in [-0.39, 0.29) is 0 Å². The van der Waals surface area contributed by atoms with Crippen molar-refractivity contribution in [1.82, 2.24) is 4.98 Å². The van der Waals surface area contributed by atoms with Crippen molar-refractivity contribution in [2.24, 2.45) is 0 Å². The second kappa shape index (κ2) is 4.61. The van der Waals surface area contributed by atoms with E-state index < -0.39 is 0 Å². The lowest BCUT2D eigenvalue weighted by atomic mass is 10.1. The van der Waals surface area contributed by atoms with E-state index in [0.29, 0.717) is 0 Å². The largest absolute Gasteiger partial charge is 0.302 e. The van der Waals surface area contributed by atoms with Crippen LogP contribution in [0.1, 0.15) is 0 Å². The molecule has 0 spiro atoms. The first-order valence-corrected chi connectivity index (χ1v) is 5.66. The van der Waals surface area contributed by atoms with Crippen LogP contribution in [0.4, 0.5) is 5.82 Å². The summed E-state index contributed by atoms with van der Waals surface area (Å²) in [5.74, 6) is 0.969. The second-order valence-electron chi connectivity index (χ2n) is 3.22. The zero-order chi connectivity index (χ0) is 10.7. The van der Waals surface area contributed by atoms with Crippen LogP contribution in [0.25, 0.3) is 11.3 Å². The van der Waals surface area contributed by atoms with Gasteiger partial charge in [-0.2, -0.15) is 0 Å². The Morgan fingerprint density at radius 3 is 2.40 bits per heavy atom. The molecule has 3 heteroatoms. The van der Waals surface area contributed by atoms with Crippen molar-refractivity contribution in [3.05, 3.63) is 48.5 Å². The van der Waals surface area contributed by atoms with Gasteiger partial charge in [0.1, 0.15) is 5.82 Å². The molecule has 0 amide bonds. The van der Waals surface area contributed by atoms with Crippen molar-refractivity contribution < 1.29 is 0 Å². The third kappa shape index (κ3) is 2.47. The molecule has 0 radical (unpaired) electrons. The van der Waals surface area contributed by atoms with Gasteiger partial charge in [-0.25, -0.2) is 4.98 Å². The number of nitrogens with zero attached hydrogens (tertiary/aromatic N) is 2. The number of halogens is 1. The smallest absolute Gasteiger partial charge is 0.137 e. The molecule has 2 nitrogen and oxygen atoms in total. The number of benzene rings is 1. The molecule has 1 heterocycles. The molecular formula is C12H11IN2. The zero-order valence-electron chi connectivity index (χ0n) is 8.39. The summed E-state index contributed by atoms with van der Waals surface area (Å²) in [4.78, 5) is 4.56. The number of rotatable bonds is 2. The predicted octanol–water partition coefficient (Wildman–Crippen LogP) is 3.53. The lowest BCUT2D eigenvalue weighted by Gasteiger charge is -2.09. The molecule has 1 aromatic carbocycles. The Morgan fingerprint density at radius 2 is 1.73 bits per heavy atom. The number of pyridine rings is 1. The first-order valence-electron chi connectivity index (χ1n) is 4.69. The summed E-state index contributed by atoms with van der Waals surface area (Å²) in [6.07, 6.45) is 0. The molecule has 2 aromatic rings. The highest BCUT2D eigenvalue weighted by Gasteiger charge is 2.01. The molecule has 0 aliphatic heterocycles. The van der Waals surface area contributed by atoms with Gasteiger partial charge in [0.2, 0.25) is 0 Å². The first-order chi connectivity index (χ1) is 7.27. The Hall–Kier alpha value is -1.10. The average Bonchev–Trinajstić information content (AvgIpc) is 2.30. The fourth-order valence-electron chi connectivity index (χ4n) is 1.36. The molecule has 0 bridgehead atoms. The highest BCUT2D eigenvalue weighted by atomic mass is 127. The molecule has 0 aliphatic carbocycles. The summed E-state index contributed by atoms with van der Waals surface area (Å²) in [6, 6.07) is 16.3. The van der Waals surface area contributed by atoms with Gasteiger partial charge < -0.3 is 3.11 Å². The topological polar surface area (TPSA) is 16.1 Å². The van der Waals surface area contributed by atoms with Crippen molar-refractivity contribution in [3.63, 3.8) is 0 Å². The molecule has 76 valence electrons. The molecule has 0 unspecified atom stereocenters. The fourth-order valence-corrected chi connectivity index (χ4v) is 1.63. The van der Waals surface area contributed by atoms with E-state index in [1.54, 1.807) is 0 Å². The van der Waals surface area contributed by atoms with Crippen molar-refractivity contribution in [2.45, 2.75) is 0 Å². The van der Waals surface area contributed by atoms with Crippen molar-refractivity contribution >= 4 is 28.7 Å². The fraction of sp³-hybridized carbons (Fsp3) is 0.0833. The quantitative estimate of drug-likeness (QED) is 0.623. The lowest BCUT2D eigenvalue weighted by molar-refractivity contribution is 1.24. The van der Waals surface area contributed by atoms with Gasteiger partial charge in [-0.15, -0.1) is 0 Å². The maximum absolute atomic E-state index is 4.56. The average molecular weight is 310 g/mol. The Balaban J connectivity index is 2.42. The summed E-state index contributed by atoms with van der Waals surface area (Å²) in [6.45, 7) is 0. The van der Waals surface area contributed by atoms with Crippen LogP contribution in [-0.4, -0.2) is 12.0 Å². The lowest BCUT2D eigenvalue weighted by Crippen LogP contribution is -2.02. The molecule has 0 saturated heterocycles. The van der Waals surface area contributed by atoms with Gasteiger partial charge in [0.15, 0.2) is 0 Å². The summed E-state index contributed by atoms with van der Waals surface area (Å²) in [7, 11) is 1.98. The minimum atomic E-state index is 0.969. The van der Waals surface area contributed by atoms with Crippen molar-refractivity contribution in [2.75, 3.05) is 10.2 Å². The van der Waals surface area contributed by atoms with Crippen LogP contribution in [0.5, 0.6) is 0 Å². The van der Waals surface area contributed by atoms with Crippen LogP contribution in [0.15, 0.2) is 48.5 Å². The predicted molar refractivity (Wildman–Crippen MR) is 72.1 cm³/mol. The van der Waals surface area contributed by atoms with Crippen LogP contribution < -0.4 is 3.11 Å². The van der Waals surface area contributed by atoms with Gasteiger partial charge in [-0.3, -0.25) is 0 Å². The first kappa shape index (κ1) is 10.4. The highest BCUT2D eigenvalue weighted by Crippen LogP contribution is 2.20. The summed E-state index contributed by atoms with van der Waals surface area (Å²) in [5.41, 5.74) is 2.16. The van der Waals surface area contributed by atoms with E-state index in [2.05, 4.69) is 40.0 Å². The van der Waals surface area contributed by atoms with Gasteiger partial charge in [-0.1, -0.05) is 36.4 Å². The van der Waals surface area contributed by atoms with Crippen LogP contribution in [-0.2, 0) is 0 Å². The summed E-state index contributed by atoms with van der Waals surface area (Å²) in [5, 5.41) is 0. The molecular weight excluding hydrogens is 299 g/mol. The molecule has 0 fully saturated rings. The van der Waals surface area contributed by atoms with E-state index >= 15 is 0 Å². The van der Waals surface area contributed by atoms with Gasteiger partial charge in [0.05, 0.1) is 28.6 Å². The molecule has 0 aliphatic rings. The van der Waals surface area contributed by atoms with E-state index in [4.69, 9.17) is 0 Å². The molecule has 1 aromatic heterocycles. The SMILES string of the molecule is CN(I)c1cccc(-c2ccccc2)n1. The Labute approximate surface area is 103 Å². The van der Waals surface area contributed by atoms with E-state index in [1.165, 1.54) is 0 Å². The Bertz CT molecular complexity index is 440. The number of anilines is 1. The Kier molecular flexibility index (Phi) is 3.20. The summed E-state index contributed by atoms with van der Waals surface area (Å²) < 4.78 is 1.98. The zero-order valence-corrected chi connectivity index (χ0v) is 10.5. The van der Waals surface area contributed by atoms with E-state index in [0.717, 1.165) is 17.1 Å². The third-order valence-electron chi connectivity index (χ3n) is 2.12.